The summed E-state index contributed by atoms with van der Waals surface area (Å²) in [7, 11) is -1.61. The summed E-state index contributed by atoms with van der Waals surface area (Å²) >= 11 is 0. The first kappa shape index (κ1) is 38.5. The van der Waals surface area contributed by atoms with E-state index in [1.807, 2.05) is 139 Å². The summed E-state index contributed by atoms with van der Waals surface area (Å²) in [6.07, 6.45) is 12.6. The maximum atomic E-state index is 9.51. The van der Waals surface area contributed by atoms with E-state index >= 15 is 0 Å². The van der Waals surface area contributed by atoms with Gasteiger partial charge in [0.2, 0.25) is 0 Å². The second-order valence-corrected chi connectivity index (χ2v) is 13.5. The van der Waals surface area contributed by atoms with E-state index in [1.165, 1.54) is 0 Å². The van der Waals surface area contributed by atoms with Gasteiger partial charge in [0.25, 0.3) is 0 Å². The van der Waals surface area contributed by atoms with Gasteiger partial charge in [-0.25, -0.2) is 9.67 Å². The third-order valence-corrected chi connectivity index (χ3v) is 7.48. The summed E-state index contributed by atoms with van der Waals surface area (Å²) in [6, 6.07) is 41.3. The van der Waals surface area contributed by atoms with Gasteiger partial charge in [0.1, 0.15) is 10.7 Å². The van der Waals surface area contributed by atoms with E-state index in [4.69, 9.17) is 5.11 Å². The van der Waals surface area contributed by atoms with E-state index < -0.39 is 16.3 Å². The lowest BCUT2D eigenvalue weighted by Gasteiger charge is -2.21. The van der Waals surface area contributed by atoms with Crippen LogP contribution < -0.4 is 5.73 Å². The van der Waals surface area contributed by atoms with Crippen LogP contribution in [0.15, 0.2) is 163 Å². The van der Waals surface area contributed by atoms with Crippen molar-refractivity contribution in [1.29, 1.82) is 0 Å². The number of H-pyrrole nitrogens is 1. The number of rotatable bonds is 5. The van der Waals surface area contributed by atoms with Crippen LogP contribution in [0.3, 0.4) is 0 Å². The van der Waals surface area contributed by atoms with Gasteiger partial charge in [-0.2, -0.15) is 10.2 Å². The number of hydrogen-bond acceptors (Lipinski definition) is 8. The number of aromatic amines is 1. The van der Waals surface area contributed by atoms with Gasteiger partial charge >= 0.3 is 5.97 Å². The number of carboxylic acid groups (broad SMARTS) is 1. The maximum Gasteiger partial charge on any atom is 0.317 e. The van der Waals surface area contributed by atoms with Crippen molar-refractivity contribution in [3.8, 4) is 28.3 Å². The molecule has 0 aliphatic heterocycles. The lowest BCUT2D eigenvalue weighted by molar-refractivity contribution is -0.135. The number of hydrogen-bond donors (Lipinski definition) is 4. The molecule has 0 saturated heterocycles. The van der Waals surface area contributed by atoms with E-state index in [9.17, 15) is 9.35 Å². The molecule has 0 fully saturated rings. The second-order valence-electron chi connectivity index (χ2n) is 10.6. The van der Waals surface area contributed by atoms with Crippen LogP contribution in [0.2, 0.25) is 0 Å². The minimum Gasteiger partial charge on any atom is -0.480 e. The standard InChI is InChI=1S/C11H9N.C9H9N3.C9H8N2.C7H11NOS.C2H5NO2/c1-2-6-10(7-3-1)11-8-4-5-9-12-11;1-7-6-9(12-11-7)8-4-2-3-5-10-8;1-2-5-9(6-3-1)11-8-4-7-10-11;1-10(2,9)7-5-3-4-6-8-7;3-1-2(4)5/h1-9H;2-6H,1H3,(H,11,12);1-8H;3-6,9H,1-2H3;1,3H2,(H,4,5). The fourth-order valence-electron chi connectivity index (χ4n) is 3.85. The number of aryl methyl sites for hydroxylation is 1. The molecule has 5 aromatic heterocycles. The molecule has 12 heteroatoms. The minimum absolute atomic E-state index is 0.278. The third-order valence-electron chi connectivity index (χ3n) is 6.22. The number of benzene rings is 2. The number of para-hydroxylation sites is 1. The van der Waals surface area contributed by atoms with Gasteiger partial charge in [0.15, 0.2) is 0 Å². The van der Waals surface area contributed by atoms with Gasteiger partial charge in [0, 0.05) is 42.2 Å². The summed E-state index contributed by atoms with van der Waals surface area (Å²) in [5.41, 5.74) is 10.7. The quantitative estimate of drug-likeness (QED) is 0.144. The van der Waals surface area contributed by atoms with Gasteiger partial charge in [0.05, 0.1) is 23.6 Å². The molecule has 0 radical (unpaired) electrons. The van der Waals surface area contributed by atoms with Gasteiger partial charge in [-0.15, -0.1) is 10.3 Å². The molecule has 0 amide bonds. The summed E-state index contributed by atoms with van der Waals surface area (Å²) in [5, 5.41) is 19.5. The number of nitrogens with two attached hydrogens (primary N) is 1. The molecule has 7 aromatic rings. The number of nitrogens with one attached hydrogen (secondary N) is 1. The molecule has 5 N–H and O–H groups in total. The highest BCUT2D eigenvalue weighted by Crippen LogP contribution is 2.42. The number of aliphatic carboxylic acids is 1. The third kappa shape index (κ3) is 14.4. The molecule has 0 saturated carbocycles. The molecule has 0 bridgehead atoms. The minimum atomic E-state index is -1.61. The molecule has 0 aliphatic rings. The molecule has 11 nitrogen and oxygen atoms in total. The molecule has 2 aromatic carbocycles. The monoisotopic (exact) mass is 690 g/mol. The lowest BCUT2D eigenvalue weighted by atomic mass is 10.1. The van der Waals surface area contributed by atoms with Crippen LogP contribution in [0.25, 0.3) is 28.3 Å². The lowest BCUT2D eigenvalue weighted by Crippen LogP contribution is -2.10. The molecule has 0 atom stereocenters. The molecule has 0 unspecified atom stereocenters. The number of aromatic nitrogens is 7. The van der Waals surface area contributed by atoms with Gasteiger partial charge in [-0.1, -0.05) is 66.7 Å². The summed E-state index contributed by atoms with van der Waals surface area (Å²) in [4.78, 5) is 21.7. The van der Waals surface area contributed by atoms with E-state index in [1.54, 1.807) is 31.1 Å². The Hall–Kier alpha value is -5.95. The maximum absolute atomic E-state index is 9.51. The molecule has 258 valence electrons. The average Bonchev–Trinajstić information content (AvgIpc) is 3.87. The summed E-state index contributed by atoms with van der Waals surface area (Å²) in [5.74, 6) is -0.968. The Labute approximate surface area is 294 Å². The molecule has 0 aliphatic carbocycles. The first-order valence-electron chi connectivity index (χ1n) is 15.4. The van der Waals surface area contributed by atoms with Crippen molar-refractivity contribution in [2.24, 2.45) is 5.73 Å². The van der Waals surface area contributed by atoms with Crippen LogP contribution in [-0.4, -0.2) is 69.6 Å². The van der Waals surface area contributed by atoms with E-state index in [0.717, 1.165) is 39.1 Å². The average molecular weight is 691 g/mol. The Kier molecular flexibility index (Phi) is 16.3. The van der Waals surface area contributed by atoms with E-state index in [0.29, 0.717) is 0 Å². The summed E-state index contributed by atoms with van der Waals surface area (Å²) < 4.78 is 11.3. The number of nitrogens with zero attached hydrogens (tertiary/aromatic N) is 6. The highest BCUT2D eigenvalue weighted by Gasteiger charge is 2.09. The topological polar surface area (TPSA) is 169 Å². The second kappa shape index (κ2) is 21.1. The zero-order valence-electron chi connectivity index (χ0n) is 28.2. The largest absolute Gasteiger partial charge is 0.480 e. The van der Waals surface area contributed by atoms with Crippen molar-refractivity contribution in [2.75, 3.05) is 19.1 Å². The Bertz CT molecular complexity index is 1850. The summed E-state index contributed by atoms with van der Waals surface area (Å²) in [6.45, 7) is 1.69. The van der Waals surface area contributed by atoms with Crippen molar-refractivity contribution >= 4 is 16.3 Å². The number of carbonyl (C=O) groups is 1. The Morgan fingerprint density at radius 1 is 0.720 bits per heavy atom. The SMILES string of the molecule is CS(C)(O)c1ccccn1.Cc1cc(-c2ccccn2)n[nH]1.NCC(=O)O.c1ccc(-c2ccccn2)cc1.c1ccc(-n2cccn2)cc1. The normalized spacial score (nSPS) is 10.3. The van der Waals surface area contributed by atoms with Gasteiger partial charge in [-0.05, 0) is 80.1 Å². The highest BCUT2D eigenvalue weighted by molar-refractivity contribution is 8.27. The molecular formula is C38H42N8O3S. The smallest absolute Gasteiger partial charge is 0.317 e. The van der Waals surface area contributed by atoms with Crippen LogP contribution in [0, 0.1) is 6.92 Å². The van der Waals surface area contributed by atoms with Gasteiger partial charge in [-0.3, -0.25) is 19.9 Å². The molecular weight excluding hydrogens is 649 g/mol. The molecule has 5 heterocycles. The van der Waals surface area contributed by atoms with Crippen LogP contribution in [0.5, 0.6) is 0 Å². The van der Waals surface area contributed by atoms with Crippen molar-refractivity contribution in [2.45, 2.75) is 11.9 Å². The number of carboxylic acids is 1. The zero-order chi connectivity index (χ0) is 36.0. The Morgan fingerprint density at radius 3 is 1.68 bits per heavy atom. The fraction of sp³-hybridized carbons (Fsp3) is 0.105. The first-order valence-corrected chi connectivity index (χ1v) is 17.8. The first-order chi connectivity index (χ1) is 24.2. The van der Waals surface area contributed by atoms with Crippen LogP contribution in [0.4, 0.5) is 0 Å². The highest BCUT2D eigenvalue weighted by atomic mass is 32.3. The number of pyridine rings is 3. The molecule has 7 rings (SSSR count). The zero-order valence-corrected chi connectivity index (χ0v) is 29.0. The Morgan fingerprint density at radius 2 is 1.26 bits per heavy atom. The van der Waals surface area contributed by atoms with Crippen molar-refractivity contribution in [3.05, 3.63) is 164 Å². The van der Waals surface area contributed by atoms with Crippen molar-refractivity contribution in [3.63, 3.8) is 0 Å². The Balaban J connectivity index is 0.000000173. The van der Waals surface area contributed by atoms with Crippen LogP contribution in [0.1, 0.15) is 5.69 Å². The molecule has 0 spiro atoms. The predicted octanol–water partition coefficient (Wildman–Crippen LogP) is 7.41. The van der Waals surface area contributed by atoms with E-state index in [-0.39, 0.29) is 6.54 Å². The molecule has 50 heavy (non-hydrogen) atoms. The van der Waals surface area contributed by atoms with Crippen LogP contribution >= 0.6 is 10.3 Å². The van der Waals surface area contributed by atoms with Crippen molar-refractivity contribution in [1.82, 2.24) is 34.9 Å². The predicted molar refractivity (Wildman–Crippen MR) is 201 cm³/mol. The van der Waals surface area contributed by atoms with Crippen molar-refractivity contribution < 1.29 is 14.5 Å². The van der Waals surface area contributed by atoms with Crippen LogP contribution in [-0.2, 0) is 4.79 Å². The fourth-order valence-corrected chi connectivity index (χ4v) is 4.58. The van der Waals surface area contributed by atoms with E-state index in [2.05, 4.69) is 48.1 Å². The van der Waals surface area contributed by atoms with Gasteiger partial charge < -0.3 is 15.4 Å².